The number of rotatable bonds is 8. The Morgan fingerprint density at radius 2 is 1.94 bits per heavy atom. The van der Waals surface area contributed by atoms with Crippen LogP contribution in [0.5, 0.6) is 5.75 Å². The van der Waals surface area contributed by atoms with E-state index in [1.165, 1.54) is 4.57 Å². The minimum atomic E-state index is -2.77. The third-order valence-electron chi connectivity index (χ3n) is 4.55. The number of fused-ring (bicyclic) bond motifs is 1. The van der Waals surface area contributed by atoms with Crippen molar-refractivity contribution in [2.24, 2.45) is 0 Å². The highest BCUT2D eigenvalue weighted by Gasteiger charge is 2.22. The number of nitrogens with zero attached hydrogens (tertiary/aromatic N) is 4. The summed E-state index contributed by atoms with van der Waals surface area (Å²) in [5.41, 5.74) is 1.75. The summed E-state index contributed by atoms with van der Waals surface area (Å²) in [7, 11) is 0. The van der Waals surface area contributed by atoms with Crippen LogP contribution in [-0.4, -0.2) is 32.2 Å². The standard InChI is InChI=1S/C21H19F2N5O3/c1-2-30-16-10-6-3-7-13(16)11-24-20(29)21-26-17(27-31-21)12-28-15-9-5-4-8-14(15)25-19(28)18(22)23/h3-10,18H,2,11-12H2,1H3,(H,24,29). The van der Waals surface area contributed by atoms with Crippen molar-refractivity contribution in [2.75, 3.05) is 6.61 Å². The van der Waals surface area contributed by atoms with Crippen LogP contribution in [0.3, 0.4) is 0 Å². The highest BCUT2D eigenvalue weighted by atomic mass is 19.3. The van der Waals surface area contributed by atoms with Gasteiger partial charge in [0.15, 0.2) is 11.6 Å². The van der Waals surface area contributed by atoms with E-state index >= 15 is 0 Å². The van der Waals surface area contributed by atoms with E-state index in [1.807, 2.05) is 31.2 Å². The average Bonchev–Trinajstić information content (AvgIpc) is 3.39. The number of benzene rings is 2. The number of hydrogen-bond acceptors (Lipinski definition) is 6. The van der Waals surface area contributed by atoms with Gasteiger partial charge in [-0.25, -0.2) is 13.8 Å². The minimum Gasteiger partial charge on any atom is -0.494 e. The molecule has 2 aromatic carbocycles. The van der Waals surface area contributed by atoms with E-state index < -0.39 is 18.2 Å². The van der Waals surface area contributed by atoms with Crippen LogP contribution in [0.25, 0.3) is 11.0 Å². The lowest BCUT2D eigenvalue weighted by Gasteiger charge is -2.09. The molecule has 0 aliphatic rings. The first-order chi connectivity index (χ1) is 15.1. The second-order valence-corrected chi connectivity index (χ2v) is 6.58. The molecule has 10 heteroatoms. The van der Waals surface area contributed by atoms with E-state index in [4.69, 9.17) is 9.26 Å². The Morgan fingerprint density at radius 1 is 1.16 bits per heavy atom. The first kappa shape index (κ1) is 20.5. The van der Waals surface area contributed by atoms with Crippen molar-refractivity contribution < 1.29 is 22.8 Å². The van der Waals surface area contributed by atoms with Gasteiger partial charge in [-0.05, 0) is 25.1 Å². The Kier molecular flexibility index (Phi) is 5.87. The molecule has 0 aliphatic heterocycles. The molecule has 0 fully saturated rings. The van der Waals surface area contributed by atoms with Gasteiger partial charge in [-0.3, -0.25) is 4.79 Å². The highest BCUT2D eigenvalue weighted by Crippen LogP contribution is 2.24. The molecule has 2 heterocycles. The number of amides is 1. The molecule has 0 radical (unpaired) electrons. The molecule has 8 nitrogen and oxygen atoms in total. The molecule has 0 bridgehead atoms. The summed E-state index contributed by atoms with van der Waals surface area (Å²) in [6, 6.07) is 14.1. The Bertz CT molecular complexity index is 1200. The van der Waals surface area contributed by atoms with Gasteiger partial charge in [-0.2, -0.15) is 4.98 Å². The number of ether oxygens (including phenoxy) is 1. The molecule has 160 valence electrons. The van der Waals surface area contributed by atoms with Crippen molar-refractivity contribution in [3.63, 3.8) is 0 Å². The van der Waals surface area contributed by atoms with Crippen LogP contribution in [0.15, 0.2) is 53.1 Å². The zero-order chi connectivity index (χ0) is 21.8. The van der Waals surface area contributed by atoms with E-state index in [9.17, 15) is 13.6 Å². The first-order valence-electron chi connectivity index (χ1n) is 9.61. The third-order valence-corrected chi connectivity index (χ3v) is 4.55. The molecule has 0 saturated carbocycles. The van der Waals surface area contributed by atoms with Crippen molar-refractivity contribution in [1.82, 2.24) is 25.0 Å². The molecule has 0 spiro atoms. The van der Waals surface area contributed by atoms with Gasteiger partial charge in [-0.1, -0.05) is 35.5 Å². The van der Waals surface area contributed by atoms with Crippen molar-refractivity contribution in [1.29, 1.82) is 0 Å². The van der Waals surface area contributed by atoms with Crippen LogP contribution < -0.4 is 10.1 Å². The molecule has 0 atom stereocenters. The number of aromatic nitrogens is 4. The molecule has 4 aromatic rings. The monoisotopic (exact) mass is 427 g/mol. The molecule has 0 unspecified atom stereocenters. The van der Waals surface area contributed by atoms with Crippen molar-refractivity contribution in [3.05, 3.63) is 71.6 Å². The number of alkyl halides is 2. The Balaban J connectivity index is 1.49. The zero-order valence-corrected chi connectivity index (χ0v) is 16.6. The normalized spacial score (nSPS) is 11.2. The van der Waals surface area contributed by atoms with Gasteiger partial charge in [0.2, 0.25) is 0 Å². The fourth-order valence-corrected chi connectivity index (χ4v) is 3.18. The topological polar surface area (TPSA) is 95.1 Å². The largest absolute Gasteiger partial charge is 0.494 e. The maximum absolute atomic E-state index is 13.4. The van der Waals surface area contributed by atoms with Crippen molar-refractivity contribution >= 4 is 16.9 Å². The summed E-state index contributed by atoms with van der Waals surface area (Å²) in [6.45, 7) is 2.47. The van der Waals surface area contributed by atoms with E-state index in [2.05, 4.69) is 20.4 Å². The lowest BCUT2D eigenvalue weighted by molar-refractivity contribution is 0.0906. The summed E-state index contributed by atoms with van der Waals surface area (Å²) in [5, 5.41) is 6.45. The predicted octanol–water partition coefficient (Wildman–Crippen LogP) is 3.73. The number of halogens is 2. The van der Waals surface area contributed by atoms with Crippen molar-refractivity contribution in [3.8, 4) is 5.75 Å². The lowest BCUT2D eigenvalue weighted by atomic mass is 10.2. The SMILES string of the molecule is CCOc1ccccc1CNC(=O)c1nc(Cn2c(C(F)F)nc3ccccc32)no1. The molecule has 0 saturated heterocycles. The molecule has 2 aromatic heterocycles. The predicted molar refractivity (Wildman–Crippen MR) is 107 cm³/mol. The first-order valence-corrected chi connectivity index (χ1v) is 9.61. The van der Waals surface area contributed by atoms with Gasteiger partial charge in [0, 0.05) is 12.1 Å². The van der Waals surface area contributed by atoms with E-state index in [0.717, 1.165) is 5.56 Å². The van der Waals surface area contributed by atoms with Gasteiger partial charge in [0.05, 0.1) is 24.2 Å². The van der Waals surface area contributed by atoms with Gasteiger partial charge in [-0.15, -0.1) is 0 Å². The molecule has 31 heavy (non-hydrogen) atoms. The smallest absolute Gasteiger partial charge is 0.316 e. The second kappa shape index (κ2) is 8.90. The minimum absolute atomic E-state index is 0.0879. The van der Waals surface area contributed by atoms with Crippen LogP contribution in [-0.2, 0) is 13.1 Å². The molecule has 1 N–H and O–H groups in total. The molecular formula is C21H19F2N5O3. The van der Waals surface area contributed by atoms with Gasteiger partial charge in [0.1, 0.15) is 5.75 Å². The summed E-state index contributed by atoms with van der Waals surface area (Å²) in [6.07, 6.45) is -2.77. The van der Waals surface area contributed by atoms with Gasteiger partial charge < -0.3 is 19.1 Å². The number of imidazole rings is 1. The van der Waals surface area contributed by atoms with Crippen LogP contribution >= 0.6 is 0 Å². The second-order valence-electron chi connectivity index (χ2n) is 6.58. The van der Waals surface area contributed by atoms with Crippen LogP contribution in [0, 0.1) is 0 Å². The van der Waals surface area contributed by atoms with E-state index in [-0.39, 0.29) is 24.8 Å². The summed E-state index contributed by atoms with van der Waals surface area (Å²) in [5.74, 6) is -0.473. The van der Waals surface area contributed by atoms with Crippen LogP contribution in [0.2, 0.25) is 0 Å². The van der Waals surface area contributed by atoms with Crippen LogP contribution in [0.1, 0.15) is 41.2 Å². The molecule has 0 aliphatic carbocycles. The van der Waals surface area contributed by atoms with E-state index in [0.29, 0.717) is 23.4 Å². The number of carbonyl (C=O) groups is 1. The fraction of sp³-hybridized carbons (Fsp3) is 0.238. The highest BCUT2D eigenvalue weighted by molar-refractivity contribution is 5.89. The number of hydrogen-bond donors (Lipinski definition) is 1. The Morgan fingerprint density at radius 3 is 2.74 bits per heavy atom. The fourth-order valence-electron chi connectivity index (χ4n) is 3.18. The maximum atomic E-state index is 13.4. The van der Waals surface area contributed by atoms with Crippen molar-refractivity contribution in [2.45, 2.75) is 26.4 Å². The number of nitrogens with one attached hydrogen (secondary N) is 1. The quantitative estimate of drug-likeness (QED) is 0.460. The van der Waals surface area contributed by atoms with Gasteiger partial charge in [0.25, 0.3) is 6.43 Å². The van der Waals surface area contributed by atoms with E-state index in [1.54, 1.807) is 24.3 Å². The maximum Gasteiger partial charge on any atom is 0.316 e. The Labute approximate surface area is 175 Å². The lowest BCUT2D eigenvalue weighted by Crippen LogP contribution is -2.23. The average molecular weight is 427 g/mol. The zero-order valence-electron chi connectivity index (χ0n) is 16.6. The van der Waals surface area contributed by atoms with Gasteiger partial charge >= 0.3 is 11.8 Å². The Hall–Kier alpha value is -3.82. The molecule has 4 rings (SSSR count). The molecule has 1 amide bonds. The van der Waals surface area contributed by atoms with Crippen LogP contribution in [0.4, 0.5) is 8.78 Å². The summed E-state index contributed by atoms with van der Waals surface area (Å²) >= 11 is 0. The molecular weight excluding hydrogens is 408 g/mol. The summed E-state index contributed by atoms with van der Waals surface area (Å²) in [4.78, 5) is 20.4. The number of para-hydroxylation sites is 3. The third kappa shape index (κ3) is 4.37. The number of carbonyl (C=O) groups excluding carboxylic acids is 1. The summed E-state index contributed by atoms with van der Waals surface area (Å²) < 4.78 is 38.7.